The van der Waals surface area contributed by atoms with Crippen molar-refractivity contribution in [3.05, 3.63) is 0 Å². The maximum atomic E-state index is 3.83. The molecule has 0 spiro atoms. The number of likely N-dealkylation sites (N-methyl/N-ethyl adjacent to an activating group) is 1. The number of hydrogen-bond donors (Lipinski definition) is 1. The Kier molecular flexibility index (Phi) is 6.97. The van der Waals surface area contributed by atoms with Crippen molar-refractivity contribution in [1.29, 1.82) is 0 Å². The molecule has 1 saturated carbocycles. The summed E-state index contributed by atoms with van der Waals surface area (Å²) in [7, 11) is 2.40. The summed E-state index contributed by atoms with van der Waals surface area (Å²) in [6.07, 6.45) is 8.11. The van der Waals surface area contributed by atoms with Crippen LogP contribution in [0.2, 0.25) is 0 Å². The predicted octanol–water partition coefficient (Wildman–Crippen LogP) is 2.96. The fourth-order valence-corrected chi connectivity index (χ4v) is 4.28. The first-order valence-corrected chi connectivity index (χ1v) is 9.33. The Labute approximate surface area is 132 Å². The van der Waals surface area contributed by atoms with E-state index in [0.717, 1.165) is 24.0 Å². The zero-order chi connectivity index (χ0) is 15.2. The summed E-state index contributed by atoms with van der Waals surface area (Å²) in [6.45, 7) is 12.0. The van der Waals surface area contributed by atoms with E-state index in [1.165, 1.54) is 64.7 Å². The Morgan fingerprint density at radius 2 is 1.81 bits per heavy atom. The van der Waals surface area contributed by atoms with Crippen LogP contribution < -0.4 is 5.32 Å². The fraction of sp³-hybridized carbons (Fsp3) is 1.00. The van der Waals surface area contributed by atoms with E-state index >= 15 is 0 Å². The summed E-state index contributed by atoms with van der Waals surface area (Å²) in [5.74, 6) is 0.896. The third-order valence-electron chi connectivity index (χ3n) is 5.84. The lowest BCUT2D eigenvalue weighted by molar-refractivity contribution is 0.0532. The van der Waals surface area contributed by atoms with Gasteiger partial charge in [0.2, 0.25) is 0 Å². The first-order chi connectivity index (χ1) is 10.2. The molecule has 1 aliphatic heterocycles. The molecule has 0 amide bonds. The van der Waals surface area contributed by atoms with Gasteiger partial charge in [0.15, 0.2) is 0 Å². The Morgan fingerprint density at radius 3 is 2.43 bits per heavy atom. The maximum Gasteiger partial charge on any atom is 0.0251 e. The molecule has 0 bridgehead atoms. The molecule has 0 radical (unpaired) electrons. The molecule has 124 valence electrons. The molecular formula is C18H37N3. The third-order valence-corrected chi connectivity index (χ3v) is 5.84. The SMILES string of the molecule is CCCNC1CCC(C)CC1N(C)C1CCN(CC)CC1. The van der Waals surface area contributed by atoms with Crippen LogP contribution in [0.1, 0.15) is 59.3 Å². The molecule has 1 N–H and O–H groups in total. The van der Waals surface area contributed by atoms with E-state index in [1.54, 1.807) is 0 Å². The van der Waals surface area contributed by atoms with Crippen molar-refractivity contribution >= 4 is 0 Å². The van der Waals surface area contributed by atoms with Crippen molar-refractivity contribution in [2.75, 3.05) is 33.2 Å². The van der Waals surface area contributed by atoms with Gasteiger partial charge < -0.3 is 10.2 Å². The molecule has 1 heterocycles. The zero-order valence-electron chi connectivity index (χ0n) is 14.8. The lowest BCUT2D eigenvalue weighted by Gasteiger charge is -2.46. The first-order valence-electron chi connectivity index (χ1n) is 9.33. The van der Waals surface area contributed by atoms with E-state index in [1.807, 2.05) is 0 Å². The van der Waals surface area contributed by atoms with Crippen molar-refractivity contribution in [3.63, 3.8) is 0 Å². The lowest BCUT2D eigenvalue weighted by atomic mass is 9.81. The predicted molar refractivity (Wildman–Crippen MR) is 91.8 cm³/mol. The molecule has 1 aliphatic carbocycles. The number of likely N-dealkylation sites (tertiary alicyclic amines) is 1. The average Bonchev–Trinajstić information content (AvgIpc) is 2.53. The molecule has 1 saturated heterocycles. The second-order valence-corrected chi connectivity index (χ2v) is 7.38. The molecular weight excluding hydrogens is 258 g/mol. The van der Waals surface area contributed by atoms with E-state index in [0.29, 0.717) is 0 Å². The molecule has 21 heavy (non-hydrogen) atoms. The number of hydrogen-bond acceptors (Lipinski definition) is 3. The molecule has 0 aromatic rings. The molecule has 2 aliphatic rings. The van der Waals surface area contributed by atoms with Gasteiger partial charge >= 0.3 is 0 Å². The Balaban J connectivity index is 1.92. The number of piperidine rings is 1. The van der Waals surface area contributed by atoms with Crippen LogP contribution in [0.25, 0.3) is 0 Å². The molecule has 3 nitrogen and oxygen atoms in total. The number of nitrogens with zero attached hydrogens (tertiary/aromatic N) is 2. The number of nitrogens with one attached hydrogen (secondary N) is 1. The van der Waals surface area contributed by atoms with Crippen molar-refractivity contribution in [3.8, 4) is 0 Å². The minimum absolute atomic E-state index is 0.718. The molecule has 3 atom stereocenters. The summed E-state index contributed by atoms with van der Waals surface area (Å²) < 4.78 is 0. The van der Waals surface area contributed by atoms with Gasteiger partial charge in [-0.05, 0) is 77.7 Å². The van der Waals surface area contributed by atoms with Crippen LogP contribution in [0.5, 0.6) is 0 Å². The van der Waals surface area contributed by atoms with Crippen LogP contribution in [0, 0.1) is 5.92 Å². The van der Waals surface area contributed by atoms with Crippen molar-refractivity contribution in [2.24, 2.45) is 5.92 Å². The molecule has 0 aromatic carbocycles. The van der Waals surface area contributed by atoms with Crippen LogP contribution in [-0.4, -0.2) is 61.2 Å². The smallest absolute Gasteiger partial charge is 0.0251 e. The standard InChI is InChI=1S/C18H37N3/c1-5-11-19-17-8-7-15(3)14-18(17)20(4)16-9-12-21(6-2)13-10-16/h15-19H,5-14H2,1-4H3. The minimum Gasteiger partial charge on any atom is -0.312 e. The highest BCUT2D eigenvalue weighted by Crippen LogP contribution is 2.30. The molecule has 3 unspecified atom stereocenters. The van der Waals surface area contributed by atoms with Crippen LogP contribution in [-0.2, 0) is 0 Å². The molecule has 0 aromatic heterocycles. The van der Waals surface area contributed by atoms with Crippen LogP contribution in [0.3, 0.4) is 0 Å². The van der Waals surface area contributed by atoms with Gasteiger partial charge in [-0.2, -0.15) is 0 Å². The molecule has 2 fully saturated rings. The van der Waals surface area contributed by atoms with E-state index in [9.17, 15) is 0 Å². The maximum absolute atomic E-state index is 3.83. The summed E-state index contributed by atoms with van der Waals surface area (Å²) in [5.41, 5.74) is 0. The summed E-state index contributed by atoms with van der Waals surface area (Å²) in [4.78, 5) is 5.34. The highest BCUT2D eigenvalue weighted by molar-refractivity contribution is 4.92. The van der Waals surface area contributed by atoms with Gasteiger partial charge in [0.25, 0.3) is 0 Å². The highest BCUT2D eigenvalue weighted by Gasteiger charge is 2.34. The van der Waals surface area contributed by atoms with Gasteiger partial charge in [-0.3, -0.25) is 4.90 Å². The van der Waals surface area contributed by atoms with Gasteiger partial charge in [0.1, 0.15) is 0 Å². The normalized spacial score (nSPS) is 32.7. The zero-order valence-corrected chi connectivity index (χ0v) is 14.8. The second-order valence-electron chi connectivity index (χ2n) is 7.38. The van der Waals surface area contributed by atoms with Gasteiger partial charge in [-0.25, -0.2) is 0 Å². The van der Waals surface area contributed by atoms with Crippen molar-refractivity contribution in [2.45, 2.75) is 77.4 Å². The highest BCUT2D eigenvalue weighted by atomic mass is 15.2. The third kappa shape index (κ3) is 4.67. The average molecular weight is 296 g/mol. The van der Waals surface area contributed by atoms with Gasteiger partial charge in [0.05, 0.1) is 0 Å². The van der Waals surface area contributed by atoms with Gasteiger partial charge in [-0.1, -0.05) is 20.8 Å². The first kappa shape index (κ1) is 17.2. The quantitative estimate of drug-likeness (QED) is 0.813. The Bertz CT molecular complexity index is 284. The molecule has 3 heteroatoms. The van der Waals surface area contributed by atoms with Crippen molar-refractivity contribution in [1.82, 2.24) is 15.1 Å². The van der Waals surface area contributed by atoms with E-state index in [-0.39, 0.29) is 0 Å². The summed E-state index contributed by atoms with van der Waals surface area (Å²) in [6, 6.07) is 2.27. The Hall–Kier alpha value is -0.120. The van der Waals surface area contributed by atoms with Crippen molar-refractivity contribution < 1.29 is 0 Å². The Morgan fingerprint density at radius 1 is 1.10 bits per heavy atom. The number of rotatable bonds is 6. The van der Waals surface area contributed by atoms with E-state index < -0.39 is 0 Å². The van der Waals surface area contributed by atoms with E-state index in [4.69, 9.17) is 0 Å². The summed E-state index contributed by atoms with van der Waals surface area (Å²) >= 11 is 0. The van der Waals surface area contributed by atoms with Gasteiger partial charge in [0, 0.05) is 18.1 Å². The fourth-order valence-electron chi connectivity index (χ4n) is 4.28. The second kappa shape index (κ2) is 8.50. The van der Waals surface area contributed by atoms with Crippen LogP contribution >= 0.6 is 0 Å². The largest absolute Gasteiger partial charge is 0.312 e. The monoisotopic (exact) mass is 295 g/mol. The topological polar surface area (TPSA) is 18.5 Å². The van der Waals surface area contributed by atoms with Crippen LogP contribution in [0.15, 0.2) is 0 Å². The van der Waals surface area contributed by atoms with Crippen LogP contribution in [0.4, 0.5) is 0 Å². The van der Waals surface area contributed by atoms with E-state index in [2.05, 4.69) is 42.9 Å². The minimum atomic E-state index is 0.718. The van der Waals surface area contributed by atoms with Gasteiger partial charge in [-0.15, -0.1) is 0 Å². The molecule has 2 rings (SSSR count). The lowest BCUT2D eigenvalue weighted by Crippen LogP contribution is -2.56. The summed E-state index contributed by atoms with van der Waals surface area (Å²) in [5, 5.41) is 3.83.